The van der Waals surface area contributed by atoms with Crippen molar-refractivity contribution in [3.8, 4) is 28.1 Å². The van der Waals surface area contributed by atoms with Gasteiger partial charge in [0.05, 0.1) is 11.4 Å². The number of hydrogen-bond acceptors (Lipinski definition) is 1. The molecular weight excluding hydrogens is 438 g/mol. The van der Waals surface area contributed by atoms with Crippen LogP contribution in [0.25, 0.3) is 50.0 Å². The highest BCUT2D eigenvalue weighted by atomic mass is 16.3. The number of para-hydroxylation sites is 1. The molecule has 2 heteroatoms. The van der Waals surface area contributed by atoms with Gasteiger partial charge in [-0.05, 0) is 82.1 Å². The Bertz CT molecular complexity index is 1650. The maximum atomic E-state index is 6.09. The van der Waals surface area contributed by atoms with Crippen LogP contribution in [0.15, 0.2) is 108 Å². The van der Waals surface area contributed by atoms with E-state index in [1.165, 1.54) is 50.0 Å². The maximum Gasteiger partial charge on any atom is 0.135 e. The van der Waals surface area contributed by atoms with Crippen molar-refractivity contribution in [3.63, 3.8) is 0 Å². The third-order valence-electron chi connectivity index (χ3n) is 7.18. The monoisotopic (exact) mass is 469 g/mol. The molecule has 4 aromatic carbocycles. The standard InChI is InChI=1S/C34H31NO/c1-22(2)28-20-26(25-16-17-33-30(19-25)27-13-8-9-15-32(27)36-33)21-29(23(3)4)34(28)35-18-10-14-31(35)24-11-6-5-7-12-24/h5-23H,1-4H3. The van der Waals surface area contributed by atoms with E-state index in [1.54, 1.807) is 0 Å². The van der Waals surface area contributed by atoms with Crippen LogP contribution < -0.4 is 0 Å². The van der Waals surface area contributed by atoms with E-state index in [0.717, 1.165) is 11.2 Å². The Labute approximate surface area is 212 Å². The minimum absolute atomic E-state index is 0.377. The largest absolute Gasteiger partial charge is 0.456 e. The van der Waals surface area contributed by atoms with E-state index in [1.807, 2.05) is 12.1 Å². The first-order chi connectivity index (χ1) is 17.5. The fraction of sp³-hybridized carbons (Fsp3) is 0.176. The Balaban J connectivity index is 1.58. The molecule has 2 aromatic heterocycles. The Morgan fingerprint density at radius 2 is 1.22 bits per heavy atom. The summed E-state index contributed by atoms with van der Waals surface area (Å²) in [5.41, 5.74) is 10.8. The van der Waals surface area contributed by atoms with E-state index < -0.39 is 0 Å². The molecule has 2 heterocycles. The molecule has 0 fully saturated rings. The summed E-state index contributed by atoms with van der Waals surface area (Å²) in [5, 5.41) is 2.33. The molecule has 0 spiro atoms. The van der Waals surface area contributed by atoms with Crippen molar-refractivity contribution in [2.24, 2.45) is 0 Å². The van der Waals surface area contributed by atoms with Gasteiger partial charge in [-0.3, -0.25) is 0 Å². The van der Waals surface area contributed by atoms with Crippen molar-refractivity contribution in [1.29, 1.82) is 0 Å². The molecule has 0 aliphatic heterocycles. The van der Waals surface area contributed by atoms with Crippen LogP contribution in [-0.4, -0.2) is 4.57 Å². The number of benzene rings is 4. The van der Waals surface area contributed by atoms with Crippen molar-refractivity contribution in [1.82, 2.24) is 4.57 Å². The van der Waals surface area contributed by atoms with Crippen LogP contribution in [0, 0.1) is 0 Å². The molecule has 0 atom stereocenters. The van der Waals surface area contributed by atoms with Gasteiger partial charge < -0.3 is 8.98 Å². The summed E-state index contributed by atoms with van der Waals surface area (Å²) in [6.07, 6.45) is 2.21. The van der Waals surface area contributed by atoms with Gasteiger partial charge in [-0.15, -0.1) is 0 Å². The van der Waals surface area contributed by atoms with Gasteiger partial charge in [0.1, 0.15) is 11.2 Å². The van der Waals surface area contributed by atoms with Crippen LogP contribution in [0.3, 0.4) is 0 Å². The molecule has 36 heavy (non-hydrogen) atoms. The summed E-state index contributed by atoms with van der Waals surface area (Å²) < 4.78 is 8.47. The van der Waals surface area contributed by atoms with E-state index in [4.69, 9.17) is 4.42 Å². The van der Waals surface area contributed by atoms with Crippen LogP contribution in [0.4, 0.5) is 0 Å². The number of aromatic nitrogens is 1. The average Bonchev–Trinajstić information content (AvgIpc) is 3.53. The van der Waals surface area contributed by atoms with Crippen LogP contribution in [-0.2, 0) is 0 Å². The SMILES string of the molecule is CC(C)c1cc(-c2ccc3oc4ccccc4c3c2)cc(C(C)C)c1-n1cccc1-c1ccccc1. The molecule has 0 amide bonds. The van der Waals surface area contributed by atoms with Crippen molar-refractivity contribution >= 4 is 21.9 Å². The molecule has 0 aliphatic rings. The van der Waals surface area contributed by atoms with Crippen LogP contribution >= 0.6 is 0 Å². The zero-order valence-electron chi connectivity index (χ0n) is 21.3. The van der Waals surface area contributed by atoms with Gasteiger partial charge in [-0.25, -0.2) is 0 Å². The van der Waals surface area contributed by atoms with Gasteiger partial charge in [0, 0.05) is 17.0 Å². The quantitative estimate of drug-likeness (QED) is 0.246. The van der Waals surface area contributed by atoms with Gasteiger partial charge in [0.15, 0.2) is 0 Å². The molecule has 178 valence electrons. The van der Waals surface area contributed by atoms with Crippen molar-refractivity contribution in [2.45, 2.75) is 39.5 Å². The minimum atomic E-state index is 0.377. The fourth-order valence-electron chi connectivity index (χ4n) is 5.33. The molecule has 0 aliphatic carbocycles. The Hall–Kier alpha value is -4.04. The summed E-state index contributed by atoms with van der Waals surface area (Å²) in [5.74, 6) is 0.754. The predicted molar refractivity (Wildman–Crippen MR) is 152 cm³/mol. The second-order valence-electron chi connectivity index (χ2n) is 10.3. The van der Waals surface area contributed by atoms with E-state index in [0.29, 0.717) is 11.8 Å². The molecule has 0 saturated heterocycles. The summed E-state index contributed by atoms with van der Waals surface area (Å²) in [7, 11) is 0. The van der Waals surface area contributed by atoms with Crippen molar-refractivity contribution < 1.29 is 4.42 Å². The van der Waals surface area contributed by atoms with Crippen LogP contribution in [0.5, 0.6) is 0 Å². The molecule has 6 rings (SSSR count). The lowest BCUT2D eigenvalue weighted by Gasteiger charge is -2.24. The number of hydrogen-bond donors (Lipinski definition) is 0. The number of nitrogens with zero attached hydrogens (tertiary/aromatic N) is 1. The lowest BCUT2D eigenvalue weighted by molar-refractivity contribution is 0.669. The number of furan rings is 1. The van der Waals surface area contributed by atoms with Gasteiger partial charge in [-0.2, -0.15) is 0 Å². The number of fused-ring (bicyclic) bond motifs is 3. The second kappa shape index (κ2) is 8.87. The van der Waals surface area contributed by atoms with E-state index in [9.17, 15) is 0 Å². The Morgan fingerprint density at radius 3 is 1.94 bits per heavy atom. The molecule has 0 bridgehead atoms. The molecule has 0 unspecified atom stereocenters. The normalized spacial score (nSPS) is 11.8. The van der Waals surface area contributed by atoms with Gasteiger partial charge in [0.25, 0.3) is 0 Å². The molecule has 0 radical (unpaired) electrons. The minimum Gasteiger partial charge on any atom is -0.456 e. The first-order valence-corrected chi connectivity index (χ1v) is 12.8. The summed E-state index contributed by atoms with van der Waals surface area (Å²) in [6, 6.07) is 34.7. The fourth-order valence-corrected chi connectivity index (χ4v) is 5.33. The highest BCUT2D eigenvalue weighted by molar-refractivity contribution is 6.06. The lowest BCUT2D eigenvalue weighted by atomic mass is 9.88. The van der Waals surface area contributed by atoms with Gasteiger partial charge in [0.2, 0.25) is 0 Å². The van der Waals surface area contributed by atoms with Crippen LogP contribution in [0.2, 0.25) is 0 Å². The summed E-state index contributed by atoms with van der Waals surface area (Å²) >= 11 is 0. The van der Waals surface area contributed by atoms with E-state index in [2.05, 4.69) is 123 Å². The second-order valence-corrected chi connectivity index (χ2v) is 10.3. The molecule has 2 nitrogen and oxygen atoms in total. The number of rotatable bonds is 5. The highest BCUT2D eigenvalue weighted by Crippen LogP contribution is 2.39. The van der Waals surface area contributed by atoms with Crippen molar-refractivity contribution in [2.75, 3.05) is 0 Å². The Kier molecular flexibility index (Phi) is 5.53. The molecule has 0 saturated carbocycles. The lowest BCUT2D eigenvalue weighted by Crippen LogP contribution is -2.08. The predicted octanol–water partition coefficient (Wildman–Crippen LogP) is 9.96. The topological polar surface area (TPSA) is 18.1 Å². The highest BCUT2D eigenvalue weighted by Gasteiger charge is 2.20. The van der Waals surface area contributed by atoms with E-state index in [-0.39, 0.29) is 0 Å². The first-order valence-electron chi connectivity index (χ1n) is 12.8. The Morgan fingerprint density at radius 1 is 0.556 bits per heavy atom. The third kappa shape index (κ3) is 3.74. The molecule has 6 aromatic rings. The van der Waals surface area contributed by atoms with Crippen LogP contribution in [0.1, 0.15) is 50.7 Å². The third-order valence-corrected chi connectivity index (χ3v) is 7.18. The maximum absolute atomic E-state index is 6.09. The van der Waals surface area contributed by atoms with Gasteiger partial charge in [-0.1, -0.05) is 82.3 Å². The summed E-state index contributed by atoms with van der Waals surface area (Å²) in [6.45, 7) is 9.19. The molecule has 0 N–H and O–H groups in total. The zero-order chi connectivity index (χ0) is 24.8. The first kappa shape index (κ1) is 22.4. The van der Waals surface area contributed by atoms with Gasteiger partial charge >= 0.3 is 0 Å². The van der Waals surface area contributed by atoms with E-state index >= 15 is 0 Å². The smallest absolute Gasteiger partial charge is 0.135 e. The zero-order valence-corrected chi connectivity index (χ0v) is 21.3. The van der Waals surface area contributed by atoms with Crippen molar-refractivity contribution in [3.05, 3.63) is 114 Å². The molecular formula is C34H31NO. The summed E-state index contributed by atoms with van der Waals surface area (Å²) in [4.78, 5) is 0. The average molecular weight is 470 g/mol.